The van der Waals surface area contributed by atoms with Crippen LogP contribution in [0.5, 0.6) is 5.75 Å². The van der Waals surface area contributed by atoms with E-state index in [2.05, 4.69) is 39.1 Å². The van der Waals surface area contributed by atoms with Gasteiger partial charge < -0.3 is 35.7 Å². The zero-order chi connectivity index (χ0) is 35.0. The van der Waals surface area contributed by atoms with Crippen molar-refractivity contribution in [1.82, 2.24) is 4.57 Å². The van der Waals surface area contributed by atoms with Crippen LogP contribution in [-0.4, -0.2) is 54.8 Å². The largest absolute Gasteiger partial charge is 1.00 e. The third kappa shape index (κ3) is 9.60. The molecule has 1 aromatic heterocycles. The minimum absolute atomic E-state index is 0. The summed E-state index contributed by atoms with van der Waals surface area (Å²) < 4.78 is 37.6. The molecular formula is C41H52BrF2N3O3. The molecule has 2 heterocycles. The van der Waals surface area contributed by atoms with Crippen LogP contribution in [0.3, 0.4) is 0 Å². The summed E-state index contributed by atoms with van der Waals surface area (Å²) in [4.78, 5) is 29.1. The summed E-state index contributed by atoms with van der Waals surface area (Å²) in [6.07, 6.45) is 13.1. The van der Waals surface area contributed by atoms with Gasteiger partial charge in [0.2, 0.25) is 5.43 Å². The molecule has 0 bridgehead atoms. The van der Waals surface area contributed by atoms with E-state index in [-0.39, 0.29) is 34.8 Å². The summed E-state index contributed by atoms with van der Waals surface area (Å²) in [5, 5.41) is 0.365. The van der Waals surface area contributed by atoms with Gasteiger partial charge in [-0.2, -0.15) is 0 Å². The molecule has 4 aromatic rings. The Morgan fingerprint density at radius 1 is 0.840 bits per heavy atom. The van der Waals surface area contributed by atoms with Gasteiger partial charge in [0.05, 0.1) is 38.8 Å². The molecule has 1 fully saturated rings. The lowest BCUT2D eigenvalue weighted by atomic mass is 10.0. The van der Waals surface area contributed by atoms with E-state index < -0.39 is 23.0 Å². The molecular weight excluding hydrogens is 700 g/mol. The molecule has 0 N–H and O–H groups in total. The number of piperidine rings is 1. The van der Waals surface area contributed by atoms with Crippen LogP contribution >= 0.6 is 0 Å². The molecule has 0 unspecified atom stereocenters. The van der Waals surface area contributed by atoms with E-state index in [9.17, 15) is 18.4 Å². The Kier molecular flexibility index (Phi) is 14.2. The minimum atomic E-state index is -0.795. The lowest BCUT2D eigenvalue weighted by Crippen LogP contribution is -3.00. The van der Waals surface area contributed by atoms with Gasteiger partial charge in [-0.25, -0.2) is 8.78 Å². The van der Waals surface area contributed by atoms with Crippen molar-refractivity contribution in [3.63, 3.8) is 0 Å². The number of benzene rings is 3. The molecule has 0 saturated carbocycles. The number of anilines is 1. The van der Waals surface area contributed by atoms with Gasteiger partial charge >= 0.3 is 0 Å². The summed E-state index contributed by atoms with van der Waals surface area (Å²) in [5.74, 6) is -1.55. The first-order valence-electron chi connectivity index (χ1n) is 18.2. The number of rotatable bonds is 15. The zero-order valence-electron chi connectivity index (χ0n) is 30.1. The number of likely N-dealkylation sites (tertiary alicyclic amines) is 1. The molecule has 0 aliphatic carbocycles. The van der Waals surface area contributed by atoms with Crippen molar-refractivity contribution in [2.24, 2.45) is 0 Å². The van der Waals surface area contributed by atoms with Crippen LogP contribution < -0.4 is 32.0 Å². The third-order valence-corrected chi connectivity index (χ3v) is 10.1. The Labute approximate surface area is 306 Å². The lowest BCUT2D eigenvalue weighted by Gasteiger charge is -2.37. The van der Waals surface area contributed by atoms with E-state index in [0.717, 1.165) is 60.7 Å². The van der Waals surface area contributed by atoms with Crippen LogP contribution in [0, 0.1) is 11.6 Å². The third-order valence-electron chi connectivity index (χ3n) is 10.1. The Bertz CT molecular complexity index is 1780. The molecule has 9 heteroatoms. The second kappa shape index (κ2) is 18.1. The molecule has 1 aliphatic heterocycles. The summed E-state index contributed by atoms with van der Waals surface area (Å²) in [6, 6.07) is 14.6. The van der Waals surface area contributed by atoms with Gasteiger partial charge in [-0.3, -0.25) is 9.59 Å². The highest BCUT2D eigenvalue weighted by Crippen LogP contribution is 2.27. The standard InChI is InChI=1S/C41H52F2N3O3.BrH/c1-5-30-22-31(6-2)24-34(23-30)45-29-38(41(48)44(7-3)35-26-32(42)25-33(43)27-35)40(47)37-17-16-36(28-39(37)45)49-21-15-10-8-9-12-18-46(4)19-13-11-14-20-46;/h16-17,22-29H,5-15,18-21H2,1-4H3;1H/q+1;/p-1. The second-order valence-corrected chi connectivity index (χ2v) is 13.8. The number of quaternary nitrogens is 1. The maximum absolute atomic E-state index is 14.1. The van der Waals surface area contributed by atoms with Gasteiger partial charge in [-0.1, -0.05) is 32.8 Å². The number of fused-ring (bicyclic) bond motifs is 1. The molecule has 3 aromatic carbocycles. The van der Waals surface area contributed by atoms with Crippen LogP contribution in [0.15, 0.2) is 65.6 Å². The normalized spacial score (nSPS) is 14.0. The minimum Gasteiger partial charge on any atom is -1.00 e. The fourth-order valence-corrected chi connectivity index (χ4v) is 7.15. The van der Waals surface area contributed by atoms with E-state index in [4.69, 9.17) is 4.74 Å². The van der Waals surface area contributed by atoms with Crippen LogP contribution in [0.25, 0.3) is 16.6 Å². The van der Waals surface area contributed by atoms with Gasteiger partial charge in [0.15, 0.2) is 0 Å². The summed E-state index contributed by atoms with van der Waals surface area (Å²) in [7, 11) is 2.41. The monoisotopic (exact) mass is 751 g/mol. The number of carbonyl (C=O) groups is 1. The second-order valence-electron chi connectivity index (χ2n) is 13.8. The summed E-state index contributed by atoms with van der Waals surface area (Å²) >= 11 is 0. The molecule has 1 aliphatic rings. The summed E-state index contributed by atoms with van der Waals surface area (Å²) in [6.45, 7) is 10.5. The predicted molar refractivity (Wildman–Crippen MR) is 195 cm³/mol. The molecule has 50 heavy (non-hydrogen) atoms. The molecule has 0 atom stereocenters. The molecule has 270 valence electrons. The number of halogens is 3. The molecule has 6 nitrogen and oxygen atoms in total. The fourth-order valence-electron chi connectivity index (χ4n) is 7.15. The van der Waals surface area contributed by atoms with Crippen LogP contribution in [-0.2, 0) is 12.8 Å². The highest BCUT2D eigenvalue weighted by atomic mass is 79.9. The SMILES string of the molecule is CCc1cc(CC)cc(-n2cc(C(=O)N(CC)c3cc(F)cc(F)c3)c(=O)c3ccc(OCCCCCCC[N+]4(C)CCCCC4)cc32)c1.[Br-]. The molecule has 0 spiro atoms. The number of amides is 1. The number of aromatic nitrogens is 1. The number of unbranched alkanes of at least 4 members (excludes halogenated alkanes) is 4. The topological polar surface area (TPSA) is 51.5 Å². The highest BCUT2D eigenvalue weighted by molar-refractivity contribution is 6.07. The number of carbonyl (C=O) groups excluding carboxylic acids is 1. The van der Waals surface area contributed by atoms with Crippen molar-refractivity contribution in [2.45, 2.75) is 85.0 Å². The number of aryl methyl sites for hydroxylation is 2. The maximum atomic E-state index is 14.1. The average Bonchev–Trinajstić information content (AvgIpc) is 3.09. The van der Waals surface area contributed by atoms with Crippen molar-refractivity contribution in [3.05, 3.63) is 99.3 Å². The Morgan fingerprint density at radius 3 is 2.12 bits per heavy atom. The Balaban J connectivity index is 0.00000562. The molecule has 1 amide bonds. The van der Waals surface area contributed by atoms with Gasteiger partial charge in [0.25, 0.3) is 5.91 Å². The average molecular weight is 753 g/mol. The van der Waals surface area contributed by atoms with Gasteiger partial charge in [0, 0.05) is 41.6 Å². The maximum Gasteiger partial charge on any atom is 0.263 e. The van der Waals surface area contributed by atoms with E-state index in [1.807, 2.05) is 10.6 Å². The molecule has 5 rings (SSSR count). The van der Waals surface area contributed by atoms with Crippen LogP contribution in [0.2, 0.25) is 0 Å². The zero-order valence-corrected chi connectivity index (χ0v) is 31.7. The van der Waals surface area contributed by atoms with E-state index in [0.29, 0.717) is 23.3 Å². The number of nitrogens with zero attached hydrogens (tertiary/aromatic N) is 3. The lowest BCUT2D eigenvalue weighted by molar-refractivity contribution is -0.914. The van der Waals surface area contributed by atoms with Crippen molar-refractivity contribution < 1.29 is 39.8 Å². The van der Waals surface area contributed by atoms with Crippen molar-refractivity contribution in [3.8, 4) is 11.4 Å². The smallest absolute Gasteiger partial charge is 0.263 e. The van der Waals surface area contributed by atoms with Crippen LogP contribution in [0.4, 0.5) is 14.5 Å². The van der Waals surface area contributed by atoms with E-state index >= 15 is 0 Å². The first kappa shape index (κ1) is 39.2. The van der Waals surface area contributed by atoms with Crippen molar-refractivity contribution in [1.29, 1.82) is 0 Å². The van der Waals surface area contributed by atoms with Crippen LogP contribution in [0.1, 0.15) is 93.6 Å². The summed E-state index contributed by atoms with van der Waals surface area (Å²) in [5.41, 5.74) is 3.26. The number of pyridine rings is 1. The quantitative estimate of drug-likeness (QED) is 0.110. The first-order chi connectivity index (χ1) is 23.6. The molecule has 1 saturated heterocycles. The fraction of sp³-hybridized carbons (Fsp3) is 0.463. The predicted octanol–water partition coefficient (Wildman–Crippen LogP) is 6.02. The van der Waals surface area contributed by atoms with Gasteiger partial charge in [-0.05, 0) is 106 Å². The Morgan fingerprint density at radius 2 is 1.48 bits per heavy atom. The van der Waals surface area contributed by atoms with Crippen molar-refractivity contribution in [2.75, 3.05) is 44.7 Å². The number of ether oxygens (including phenoxy) is 1. The van der Waals surface area contributed by atoms with E-state index in [1.54, 1.807) is 25.3 Å². The number of hydrogen-bond donors (Lipinski definition) is 0. The van der Waals surface area contributed by atoms with Crippen molar-refractivity contribution >= 4 is 22.5 Å². The van der Waals surface area contributed by atoms with Gasteiger partial charge in [-0.15, -0.1) is 0 Å². The Hall–Kier alpha value is -3.56. The first-order valence-corrected chi connectivity index (χ1v) is 18.2. The number of hydrogen-bond acceptors (Lipinski definition) is 3. The molecule has 0 radical (unpaired) electrons. The van der Waals surface area contributed by atoms with Gasteiger partial charge in [0.1, 0.15) is 22.9 Å². The highest BCUT2D eigenvalue weighted by Gasteiger charge is 2.25. The van der Waals surface area contributed by atoms with E-state index in [1.165, 1.54) is 67.5 Å².